The zero-order valence-electron chi connectivity index (χ0n) is 8.60. The lowest BCUT2D eigenvalue weighted by molar-refractivity contribution is -0.131. The van der Waals surface area contributed by atoms with Crippen molar-refractivity contribution in [3.05, 3.63) is 17.5 Å². The maximum atomic E-state index is 11.6. The van der Waals surface area contributed by atoms with Crippen molar-refractivity contribution >= 4 is 27.3 Å². The van der Waals surface area contributed by atoms with Crippen LogP contribution in [0.5, 0.6) is 0 Å². The van der Waals surface area contributed by atoms with Crippen molar-refractivity contribution in [1.29, 1.82) is 0 Å². The van der Waals surface area contributed by atoms with Gasteiger partial charge in [0.25, 0.3) is 0 Å². The van der Waals surface area contributed by atoms with E-state index in [1.54, 1.807) is 11.4 Å². The van der Waals surface area contributed by atoms with Crippen molar-refractivity contribution < 1.29 is 18.0 Å². The monoisotopic (exact) mass is 264 g/mol. The molecule has 0 bridgehead atoms. The van der Waals surface area contributed by atoms with E-state index < -0.39 is 10.0 Å². The van der Waals surface area contributed by atoms with Crippen LogP contribution in [-0.2, 0) is 19.7 Å². The molecule has 90 valence electrons. The van der Waals surface area contributed by atoms with Crippen LogP contribution in [0.3, 0.4) is 0 Å². The molecule has 0 atom stereocenters. The van der Waals surface area contributed by atoms with Crippen molar-refractivity contribution in [2.45, 2.75) is 10.6 Å². The standard InChI is InChI=1S/C8H12N2O4S2/c1-14-10-7(11)4-5-9-16(12,13)8-3-2-6-15-8/h2-3,6,9H,4-5H2,1H3,(H,10,11). The minimum atomic E-state index is -3.48. The van der Waals surface area contributed by atoms with Gasteiger partial charge in [-0.3, -0.25) is 9.63 Å². The first-order valence-corrected chi connectivity index (χ1v) is 6.77. The molecule has 2 N–H and O–H groups in total. The number of sulfonamides is 1. The Morgan fingerprint density at radius 3 is 2.88 bits per heavy atom. The average molecular weight is 264 g/mol. The number of hydrogen-bond acceptors (Lipinski definition) is 5. The summed E-state index contributed by atoms with van der Waals surface area (Å²) in [6.45, 7) is 0.0371. The smallest absolute Gasteiger partial charge is 0.250 e. The van der Waals surface area contributed by atoms with Crippen LogP contribution < -0.4 is 10.2 Å². The Kier molecular flexibility index (Phi) is 4.87. The topological polar surface area (TPSA) is 84.5 Å². The number of nitrogens with one attached hydrogen (secondary N) is 2. The maximum absolute atomic E-state index is 11.6. The van der Waals surface area contributed by atoms with Crippen molar-refractivity contribution in [3.63, 3.8) is 0 Å². The first-order chi connectivity index (χ1) is 7.56. The highest BCUT2D eigenvalue weighted by atomic mass is 32.2. The lowest BCUT2D eigenvalue weighted by Crippen LogP contribution is -2.29. The summed E-state index contributed by atoms with van der Waals surface area (Å²) in [5.41, 5.74) is 2.10. The van der Waals surface area contributed by atoms with E-state index in [4.69, 9.17) is 0 Å². The van der Waals surface area contributed by atoms with E-state index in [0.29, 0.717) is 0 Å². The van der Waals surface area contributed by atoms with Crippen LogP contribution in [0.1, 0.15) is 6.42 Å². The van der Waals surface area contributed by atoms with Crippen LogP contribution in [-0.4, -0.2) is 28.0 Å². The van der Waals surface area contributed by atoms with E-state index in [1.807, 2.05) is 0 Å². The highest BCUT2D eigenvalue weighted by molar-refractivity contribution is 7.91. The highest BCUT2D eigenvalue weighted by Crippen LogP contribution is 2.14. The molecule has 1 rings (SSSR count). The van der Waals surface area contributed by atoms with E-state index in [1.165, 1.54) is 13.2 Å². The van der Waals surface area contributed by atoms with Gasteiger partial charge in [-0.05, 0) is 11.4 Å². The molecule has 6 nitrogen and oxygen atoms in total. The summed E-state index contributed by atoms with van der Waals surface area (Å²) < 4.78 is 25.7. The third-order valence-corrected chi connectivity index (χ3v) is 4.48. The summed E-state index contributed by atoms with van der Waals surface area (Å²) in [5, 5.41) is 1.67. The molecule has 0 saturated carbocycles. The molecule has 1 aromatic rings. The summed E-state index contributed by atoms with van der Waals surface area (Å²) >= 11 is 1.12. The zero-order chi connectivity index (χ0) is 12.0. The van der Waals surface area contributed by atoms with Crippen LogP contribution in [0.2, 0.25) is 0 Å². The van der Waals surface area contributed by atoms with Gasteiger partial charge in [0.1, 0.15) is 4.21 Å². The third kappa shape index (κ3) is 3.89. The second-order valence-corrected chi connectivity index (χ2v) is 5.75. The van der Waals surface area contributed by atoms with Crippen LogP contribution >= 0.6 is 11.3 Å². The molecule has 0 aliphatic rings. The first kappa shape index (κ1) is 13.1. The van der Waals surface area contributed by atoms with Gasteiger partial charge in [0, 0.05) is 13.0 Å². The average Bonchev–Trinajstić information content (AvgIpc) is 2.71. The van der Waals surface area contributed by atoms with Crippen molar-refractivity contribution in [2.24, 2.45) is 0 Å². The van der Waals surface area contributed by atoms with Gasteiger partial charge in [-0.25, -0.2) is 18.6 Å². The Balaban J connectivity index is 2.41. The molecule has 0 radical (unpaired) electrons. The Morgan fingerprint density at radius 1 is 1.56 bits per heavy atom. The van der Waals surface area contributed by atoms with Gasteiger partial charge in [0.2, 0.25) is 15.9 Å². The number of carbonyl (C=O) groups excluding carboxylic acids is 1. The lowest BCUT2D eigenvalue weighted by Gasteiger charge is -2.04. The molecule has 16 heavy (non-hydrogen) atoms. The predicted octanol–water partition coefficient (Wildman–Crippen LogP) is 0.0941. The Morgan fingerprint density at radius 2 is 2.31 bits per heavy atom. The van der Waals surface area contributed by atoms with Gasteiger partial charge >= 0.3 is 0 Å². The second kappa shape index (κ2) is 5.94. The number of thiophene rings is 1. The Labute approximate surface area is 97.6 Å². The molecular formula is C8H12N2O4S2. The van der Waals surface area contributed by atoms with Crippen molar-refractivity contribution in [1.82, 2.24) is 10.2 Å². The van der Waals surface area contributed by atoms with Crippen molar-refractivity contribution in [3.8, 4) is 0 Å². The van der Waals surface area contributed by atoms with Crippen molar-refractivity contribution in [2.75, 3.05) is 13.7 Å². The van der Waals surface area contributed by atoms with E-state index in [9.17, 15) is 13.2 Å². The first-order valence-electron chi connectivity index (χ1n) is 4.41. The van der Waals surface area contributed by atoms with E-state index in [2.05, 4.69) is 15.0 Å². The van der Waals surface area contributed by atoms with Gasteiger partial charge in [0.15, 0.2) is 0 Å². The number of carbonyl (C=O) groups is 1. The third-order valence-electron chi connectivity index (χ3n) is 1.62. The van der Waals surface area contributed by atoms with Gasteiger partial charge in [-0.1, -0.05) is 6.07 Å². The fourth-order valence-corrected chi connectivity index (χ4v) is 3.02. The molecule has 0 fully saturated rings. The molecule has 1 amide bonds. The summed E-state index contributed by atoms with van der Waals surface area (Å²) in [5.74, 6) is -0.378. The molecule has 8 heteroatoms. The predicted molar refractivity (Wildman–Crippen MR) is 59.3 cm³/mol. The summed E-state index contributed by atoms with van der Waals surface area (Å²) in [4.78, 5) is 15.3. The van der Waals surface area contributed by atoms with E-state index in [0.717, 1.165) is 11.3 Å². The van der Waals surface area contributed by atoms with Crippen LogP contribution in [0.15, 0.2) is 21.7 Å². The summed E-state index contributed by atoms with van der Waals surface area (Å²) in [6, 6.07) is 3.15. The maximum Gasteiger partial charge on any atom is 0.250 e. The largest absolute Gasteiger partial charge is 0.277 e. The normalized spacial score (nSPS) is 11.3. The van der Waals surface area contributed by atoms with Crippen LogP contribution in [0, 0.1) is 0 Å². The zero-order valence-corrected chi connectivity index (χ0v) is 10.2. The number of amides is 1. The molecule has 0 aliphatic carbocycles. The Bertz CT molecular complexity index is 427. The van der Waals surface area contributed by atoms with Gasteiger partial charge in [0.05, 0.1) is 7.11 Å². The number of hydrogen-bond donors (Lipinski definition) is 2. The molecule has 0 aromatic carbocycles. The van der Waals surface area contributed by atoms with Gasteiger partial charge in [-0.15, -0.1) is 11.3 Å². The van der Waals surface area contributed by atoms with Gasteiger partial charge in [-0.2, -0.15) is 0 Å². The molecule has 0 saturated heterocycles. The number of hydroxylamine groups is 1. The summed E-state index contributed by atoms with van der Waals surface area (Å²) in [6.07, 6.45) is 0.0262. The molecule has 1 aromatic heterocycles. The second-order valence-electron chi connectivity index (χ2n) is 2.81. The van der Waals surface area contributed by atoms with Crippen LogP contribution in [0.25, 0.3) is 0 Å². The Hall–Kier alpha value is -0.960. The fourth-order valence-electron chi connectivity index (χ4n) is 0.951. The van der Waals surface area contributed by atoms with Crippen LogP contribution in [0.4, 0.5) is 0 Å². The summed E-state index contributed by atoms with van der Waals surface area (Å²) in [7, 11) is -2.17. The van der Waals surface area contributed by atoms with Gasteiger partial charge < -0.3 is 0 Å². The fraction of sp³-hybridized carbons (Fsp3) is 0.375. The molecular weight excluding hydrogens is 252 g/mol. The molecule has 0 spiro atoms. The molecule has 0 aliphatic heterocycles. The minimum absolute atomic E-state index is 0.0262. The molecule has 1 heterocycles. The van der Waals surface area contributed by atoms with E-state index >= 15 is 0 Å². The number of rotatable bonds is 6. The van der Waals surface area contributed by atoms with E-state index in [-0.39, 0.29) is 23.1 Å². The SMILES string of the molecule is CONC(=O)CCNS(=O)(=O)c1cccs1. The minimum Gasteiger partial charge on any atom is -0.277 e. The lowest BCUT2D eigenvalue weighted by atomic mass is 10.4. The highest BCUT2D eigenvalue weighted by Gasteiger charge is 2.14. The quantitative estimate of drug-likeness (QED) is 0.713. The molecule has 0 unspecified atom stereocenters.